The molecule has 1 heterocycles. The Kier molecular flexibility index (Phi) is 4.24. The second-order valence-corrected chi connectivity index (χ2v) is 5.33. The highest BCUT2D eigenvalue weighted by atomic mass is 16.6. The van der Waals surface area contributed by atoms with Gasteiger partial charge in [-0.15, -0.1) is 0 Å². The summed E-state index contributed by atoms with van der Waals surface area (Å²) in [6.07, 6.45) is 1.54. The molecule has 3 rings (SSSR count). The third-order valence-electron chi connectivity index (χ3n) is 3.38. The molecule has 0 aromatic heterocycles. The normalized spacial score (nSPS) is 15.2. The third kappa shape index (κ3) is 3.41. The van der Waals surface area contributed by atoms with Crippen LogP contribution in [0.5, 0.6) is 5.75 Å². The van der Waals surface area contributed by atoms with E-state index in [1.165, 1.54) is 6.92 Å². The van der Waals surface area contributed by atoms with Crippen LogP contribution in [0, 0.1) is 6.92 Å². The maximum Gasteiger partial charge on any atom is 0.363 e. The molecule has 5 nitrogen and oxygen atoms in total. The Balaban J connectivity index is 1.94. The summed E-state index contributed by atoms with van der Waals surface area (Å²) in [4.78, 5) is 27.5. The zero-order valence-electron chi connectivity index (χ0n) is 13.3. The van der Waals surface area contributed by atoms with Crippen LogP contribution < -0.4 is 4.74 Å². The number of benzene rings is 2. The average molecular weight is 321 g/mol. The second-order valence-electron chi connectivity index (χ2n) is 5.33. The fourth-order valence-corrected chi connectivity index (χ4v) is 2.22. The molecule has 2 aromatic rings. The van der Waals surface area contributed by atoms with Crippen LogP contribution in [0.3, 0.4) is 0 Å². The molecule has 0 aliphatic carbocycles. The van der Waals surface area contributed by atoms with E-state index in [4.69, 9.17) is 9.47 Å². The van der Waals surface area contributed by atoms with Crippen LogP contribution >= 0.6 is 0 Å². The molecular weight excluding hydrogens is 306 g/mol. The maximum absolute atomic E-state index is 12.0. The van der Waals surface area contributed by atoms with Gasteiger partial charge >= 0.3 is 11.9 Å². The Morgan fingerprint density at radius 3 is 2.54 bits per heavy atom. The summed E-state index contributed by atoms with van der Waals surface area (Å²) in [5, 5.41) is 0. The van der Waals surface area contributed by atoms with Crippen molar-refractivity contribution in [3.8, 4) is 5.75 Å². The zero-order chi connectivity index (χ0) is 17.1. The van der Waals surface area contributed by atoms with Crippen molar-refractivity contribution in [3.63, 3.8) is 0 Å². The smallest absolute Gasteiger partial charge is 0.363 e. The van der Waals surface area contributed by atoms with E-state index in [2.05, 4.69) is 4.99 Å². The van der Waals surface area contributed by atoms with Gasteiger partial charge in [-0.1, -0.05) is 35.9 Å². The third-order valence-corrected chi connectivity index (χ3v) is 3.38. The van der Waals surface area contributed by atoms with Crippen LogP contribution in [-0.2, 0) is 14.3 Å². The van der Waals surface area contributed by atoms with Gasteiger partial charge in [-0.3, -0.25) is 4.79 Å². The number of hydrogen-bond donors (Lipinski definition) is 0. The molecule has 0 amide bonds. The minimum absolute atomic E-state index is 0.158. The van der Waals surface area contributed by atoms with E-state index in [0.29, 0.717) is 11.3 Å². The number of rotatable bonds is 3. The van der Waals surface area contributed by atoms with Gasteiger partial charge in [0.2, 0.25) is 5.90 Å². The van der Waals surface area contributed by atoms with Crippen molar-refractivity contribution in [2.24, 2.45) is 4.99 Å². The van der Waals surface area contributed by atoms with Gasteiger partial charge in [0.05, 0.1) is 0 Å². The fourth-order valence-electron chi connectivity index (χ4n) is 2.22. The highest BCUT2D eigenvalue weighted by Crippen LogP contribution is 2.24. The lowest BCUT2D eigenvalue weighted by molar-refractivity contribution is -0.132. The Hall–Kier alpha value is -3.21. The molecular formula is C19H15NO4. The second kappa shape index (κ2) is 6.50. The average Bonchev–Trinajstić information content (AvgIpc) is 2.90. The monoisotopic (exact) mass is 321 g/mol. The molecule has 1 aliphatic heterocycles. The first kappa shape index (κ1) is 15.7. The molecule has 5 heteroatoms. The van der Waals surface area contributed by atoms with Crippen LogP contribution in [0.25, 0.3) is 6.08 Å². The lowest BCUT2D eigenvalue weighted by atomic mass is 10.1. The first-order valence-corrected chi connectivity index (χ1v) is 7.40. The van der Waals surface area contributed by atoms with E-state index in [1.54, 1.807) is 30.3 Å². The summed E-state index contributed by atoms with van der Waals surface area (Å²) < 4.78 is 10.4. The first-order valence-electron chi connectivity index (χ1n) is 7.40. The minimum Gasteiger partial charge on any atom is -0.426 e. The van der Waals surface area contributed by atoms with Crippen LogP contribution in [0.2, 0.25) is 0 Å². The van der Waals surface area contributed by atoms with Gasteiger partial charge in [-0.25, -0.2) is 9.79 Å². The number of aryl methyl sites for hydroxylation is 1. The van der Waals surface area contributed by atoms with E-state index < -0.39 is 11.9 Å². The van der Waals surface area contributed by atoms with E-state index in [-0.39, 0.29) is 11.6 Å². The SMILES string of the molecule is CC(=O)Oc1ccccc1/C=C1\N=C(c2ccc(C)cc2)OC1=O. The maximum atomic E-state index is 12.0. The molecule has 120 valence electrons. The number of para-hydroxylation sites is 1. The lowest BCUT2D eigenvalue weighted by Crippen LogP contribution is -2.05. The lowest BCUT2D eigenvalue weighted by Gasteiger charge is -2.04. The number of nitrogens with zero attached hydrogens (tertiary/aromatic N) is 1. The van der Waals surface area contributed by atoms with Crippen molar-refractivity contribution in [1.82, 2.24) is 0 Å². The molecule has 0 saturated carbocycles. The number of ether oxygens (including phenoxy) is 2. The van der Waals surface area contributed by atoms with E-state index in [9.17, 15) is 9.59 Å². The van der Waals surface area contributed by atoms with E-state index in [1.807, 2.05) is 31.2 Å². The van der Waals surface area contributed by atoms with Crippen LogP contribution in [-0.4, -0.2) is 17.8 Å². The highest BCUT2D eigenvalue weighted by molar-refractivity contribution is 6.13. The first-order chi connectivity index (χ1) is 11.5. The van der Waals surface area contributed by atoms with Crippen LogP contribution in [0.4, 0.5) is 0 Å². The number of aliphatic imine (C=N–C) groups is 1. The molecule has 0 atom stereocenters. The summed E-state index contributed by atoms with van der Waals surface area (Å²) >= 11 is 0. The van der Waals surface area contributed by atoms with Crippen molar-refractivity contribution < 1.29 is 19.1 Å². The van der Waals surface area contributed by atoms with Crippen molar-refractivity contribution in [3.05, 3.63) is 70.9 Å². The summed E-state index contributed by atoms with van der Waals surface area (Å²) in [5.41, 5.74) is 2.57. The van der Waals surface area contributed by atoms with Crippen LogP contribution in [0.1, 0.15) is 23.6 Å². The predicted octanol–water partition coefficient (Wildman–Crippen LogP) is 3.26. The molecule has 0 spiro atoms. The summed E-state index contributed by atoms with van der Waals surface area (Å²) in [6, 6.07) is 14.4. The molecule has 2 aromatic carbocycles. The van der Waals surface area contributed by atoms with Crippen molar-refractivity contribution >= 4 is 23.9 Å². The van der Waals surface area contributed by atoms with Gasteiger partial charge in [0.15, 0.2) is 5.70 Å². The number of hydrogen-bond acceptors (Lipinski definition) is 5. The van der Waals surface area contributed by atoms with Gasteiger partial charge in [0.1, 0.15) is 5.75 Å². The van der Waals surface area contributed by atoms with Crippen molar-refractivity contribution in [2.45, 2.75) is 13.8 Å². The van der Waals surface area contributed by atoms with Gasteiger partial charge in [-0.2, -0.15) is 0 Å². The Morgan fingerprint density at radius 2 is 1.83 bits per heavy atom. The topological polar surface area (TPSA) is 65.0 Å². The number of cyclic esters (lactones) is 1. The molecule has 0 radical (unpaired) electrons. The van der Waals surface area contributed by atoms with Crippen molar-refractivity contribution in [2.75, 3.05) is 0 Å². The number of esters is 2. The predicted molar refractivity (Wildman–Crippen MR) is 89.5 cm³/mol. The molecule has 0 saturated heterocycles. The Morgan fingerprint density at radius 1 is 1.12 bits per heavy atom. The molecule has 0 fully saturated rings. The Labute approximate surface area is 139 Å². The Bertz CT molecular complexity index is 863. The van der Waals surface area contributed by atoms with Crippen LogP contribution in [0.15, 0.2) is 59.2 Å². The standard InChI is InChI=1S/C19H15NO4/c1-12-7-9-14(10-8-12)18-20-16(19(22)24-18)11-15-5-3-4-6-17(15)23-13(2)21/h3-11H,1-2H3/b16-11-. The molecule has 0 bridgehead atoms. The quantitative estimate of drug-likeness (QED) is 0.494. The van der Waals surface area contributed by atoms with Gasteiger partial charge in [0, 0.05) is 18.1 Å². The molecule has 24 heavy (non-hydrogen) atoms. The largest absolute Gasteiger partial charge is 0.426 e. The summed E-state index contributed by atoms with van der Waals surface area (Å²) in [6.45, 7) is 3.30. The summed E-state index contributed by atoms with van der Waals surface area (Å²) in [7, 11) is 0. The molecule has 0 unspecified atom stereocenters. The number of carbonyl (C=O) groups is 2. The highest BCUT2D eigenvalue weighted by Gasteiger charge is 2.24. The molecule has 1 aliphatic rings. The fraction of sp³-hybridized carbons (Fsp3) is 0.105. The van der Waals surface area contributed by atoms with Gasteiger partial charge < -0.3 is 9.47 Å². The zero-order valence-corrected chi connectivity index (χ0v) is 13.3. The summed E-state index contributed by atoms with van der Waals surface area (Å²) in [5.74, 6) is -0.345. The van der Waals surface area contributed by atoms with E-state index in [0.717, 1.165) is 11.1 Å². The van der Waals surface area contributed by atoms with Crippen molar-refractivity contribution in [1.29, 1.82) is 0 Å². The molecule has 0 N–H and O–H groups in total. The number of carbonyl (C=O) groups excluding carboxylic acids is 2. The van der Waals surface area contributed by atoms with Gasteiger partial charge in [0.25, 0.3) is 0 Å². The van der Waals surface area contributed by atoms with Gasteiger partial charge in [-0.05, 0) is 31.2 Å². The van der Waals surface area contributed by atoms with E-state index >= 15 is 0 Å². The minimum atomic E-state index is -0.539.